The van der Waals surface area contributed by atoms with Crippen LogP contribution in [0.3, 0.4) is 0 Å². The lowest BCUT2D eigenvalue weighted by Crippen LogP contribution is -2.58. The number of hydrogen-bond acceptors (Lipinski definition) is 8. The van der Waals surface area contributed by atoms with Gasteiger partial charge < -0.3 is 16.0 Å². The number of nitrogens with one attached hydrogen (secondary N) is 4. The summed E-state index contributed by atoms with van der Waals surface area (Å²) in [6, 6.07) is 11.1. The van der Waals surface area contributed by atoms with E-state index < -0.39 is 24.0 Å². The number of para-hydroxylation sites is 2. The molecule has 4 aromatic rings. The zero-order valence-corrected chi connectivity index (χ0v) is 25.3. The molecule has 2 aliphatic rings. The molecule has 13 heteroatoms. The number of aromatic amines is 1. The highest BCUT2D eigenvalue weighted by Crippen LogP contribution is 2.39. The zero-order valence-electron chi connectivity index (χ0n) is 24.5. The Hall–Kier alpha value is -4.65. The van der Waals surface area contributed by atoms with Gasteiger partial charge in [0.05, 0.1) is 35.1 Å². The number of fused-ring (bicyclic) bond motifs is 1. The summed E-state index contributed by atoms with van der Waals surface area (Å²) in [7, 11) is 0. The van der Waals surface area contributed by atoms with E-state index in [1.165, 1.54) is 17.5 Å². The average molecular weight is 615 g/mol. The van der Waals surface area contributed by atoms with Gasteiger partial charge in [0.15, 0.2) is 0 Å². The lowest BCUT2D eigenvalue weighted by molar-refractivity contribution is -0.133. The Morgan fingerprint density at radius 3 is 2.73 bits per heavy atom. The Kier molecular flexibility index (Phi) is 8.38. The maximum Gasteiger partial charge on any atom is 0.250 e. The molecule has 4 amide bonds. The molecule has 4 atom stereocenters. The van der Waals surface area contributed by atoms with Gasteiger partial charge in [0.25, 0.3) is 0 Å². The Bertz CT molecular complexity index is 1670. The fourth-order valence-corrected chi connectivity index (χ4v) is 6.87. The van der Waals surface area contributed by atoms with Crippen molar-refractivity contribution in [3.05, 3.63) is 70.5 Å². The maximum atomic E-state index is 14.1. The first kappa shape index (κ1) is 29.4. The monoisotopic (exact) mass is 614 g/mol. The van der Waals surface area contributed by atoms with Gasteiger partial charge in [-0.1, -0.05) is 50.6 Å². The number of rotatable bonds is 10. The lowest BCUT2D eigenvalue weighted by atomic mass is 9.97. The van der Waals surface area contributed by atoms with Crippen molar-refractivity contribution >= 4 is 50.9 Å². The van der Waals surface area contributed by atoms with Gasteiger partial charge in [0.2, 0.25) is 23.6 Å². The summed E-state index contributed by atoms with van der Waals surface area (Å²) in [5.74, 6) is -1.56. The molecular formula is C31H34N8O4S. The van der Waals surface area contributed by atoms with Crippen LogP contribution in [0.2, 0.25) is 0 Å². The second-order valence-corrected chi connectivity index (χ2v) is 12.4. The Labute approximate surface area is 258 Å². The zero-order chi connectivity index (χ0) is 30.8. The van der Waals surface area contributed by atoms with Crippen LogP contribution in [0.1, 0.15) is 48.5 Å². The smallest absolute Gasteiger partial charge is 0.250 e. The molecular weight excluding hydrogens is 580 g/mol. The van der Waals surface area contributed by atoms with E-state index in [1.54, 1.807) is 4.90 Å². The first-order chi connectivity index (χ1) is 21.3. The van der Waals surface area contributed by atoms with E-state index in [0.717, 1.165) is 27.0 Å². The van der Waals surface area contributed by atoms with Crippen LogP contribution < -0.4 is 20.9 Å². The van der Waals surface area contributed by atoms with Crippen molar-refractivity contribution in [3.8, 4) is 0 Å². The highest BCUT2D eigenvalue weighted by molar-refractivity contribution is 7.18. The fourth-order valence-electron chi connectivity index (χ4n) is 5.90. The molecule has 0 aliphatic carbocycles. The summed E-state index contributed by atoms with van der Waals surface area (Å²) in [6.45, 7) is 4.02. The van der Waals surface area contributed by atoms with E-state index in [2.05, 4.69) is 36.3 Å². The van der Waals surface area contributed by atoms with Crippen LogP contribution in [-0.4, -0.2) is 62.1 Å². The highest BCUT2D eigenvalue weighted by Gasteiger charge is 2.44. The number of carbonyl (C=O) groups is 4. The summed E-state index contributed by atoms with van der Waals surface area (Å²) in [5, 5.41) is 19.6. The van der Waals surface area contributed by atoms with E-state index in [1.807, 2.05) is 56.3 Å². The number of thiazole rings is 1. The van der Waals surface area contributed by atoms with Gasteiger partial charge in [-0.3, -0.25) is 24.1 Å². The molecule has 228 valence electrons. The fraction of sp³-hybridized carbons (Fsp3) is 0.387. The number of carbonyl (C=O) groups excluding carboxylic acids is 4. The average Bonchev–Trinajstić information content (AvgIpc) is 3.76. The third-order valence-corrected chi connectivity index (χ3v) is 9.43. The number of nitrogens with zero attached hydrogens (tertiary/aromatic N) is 4. The predicted octanol–water partition coefficient (Wildman–Crippen LogP) is 2.19. The predicted molar refractivity (Wildman–Crippen MR) is 165 cm³/mol. The quantitative estimate of drug-likeness (QED) is 0.213. The van der Waals surface area contributed by atoms with Crippen LogP contribution in [0.5, 0.6) is 0 Å². The summed E-state index contributed by atoms with van der Waals surface area (Å²) in [4.78, 5) is 60.4. The minimum Gasteiger partial charge on any atom is -0.348 e. The van der Waals surface area contributed by atoms with Crippen LogP contribution in [-0.2, 0) is 45.0 Å². The Balaban J connectivity index is 1.17. The number of aryl methyl sites for hydroxylation is 1. The summed E-state index contributed by atoms with van der Waals surface area (Å²) < 4.78 is 0.995. The van der Waals surface area contributed by atoms with E-state index >= 15 is 0 Å². The summed E-state index contributed by atoms with van der Waals surface area (Å²) in [5.41, 5.74) is 4.03. The van der Waals surface area contributed by atoms with Crippen molar-refractivity contribution in [2.75, 3.05) is 4.90 Å². The van der Waals surface area contributed by atoms with E-state index in [4.69, 9.17) is 0 Å². The molecule has 0 saturated carbocycles. The Morgan fingerprint density at radius 2 is 1.95 bits per heavy atom. The summed E-state index contributed by atoms with van der Waals surface area (Å²) in [6.07, 6.45) is 3.53. The molecule has 2 aromatic carbocycles. The highest BCUT2D eigenvalue weighted by atomic mass is 32.1. The standard InChI is InChI=1S/C31H34N8O4S/c1-3-17(2)27(36-25(40)14-26-34-21-9-4-5-10-24(21)44-26)30(42)35-22-12-11-18-7-6-8-19-13-23(39(28(18)19)31(22)43)29(41)32-15-20-16-33-38-37-20/h4-10,16-17,22-23,27H,3,11-15H2,1-2H3,(H,32,41)(H,35,42)(H,36,40)(H,33,37,38)/t17-,22-,23-,27-/m0/s1. The van der Waals surface area contributed by atoms with E-state index in [9.17, 15) is 19.2 Å². The normalized spacial score (nSPS) is 18.8. The molecule has 2 aliphatic heterocycles. The first-order valence-corrected chi connectivity index (χ1v) is 15.6. The number of benzene rings is 2. The van der Waals surface area contributed by atoms with Gasteiger partial charge in [0.1, 0.15) is 28.8 Å². The topological polar surface area (TPSA) is 162 Å². The maximum absolute atomic E-state index is 14.1. The number of anilines is 1. The molecule has 0 saturated heterocycles. The van der Waals surface area contributed by atoms with Crippen molar-refractivity contribution in [2.24, 2.45) is 5.92 Å². The van der Waals surface area contributed by atoms with Crippen molar-refractivity contribution in [1.82, 2.24) is 36.3 Å². The number of hydrogen-bond donors (Lipinski definition) is 4. The largest absolute Gasteiger partial charge is 0.348 e. The molecule has 4 heterocycles. The van der Waals surface area contributed by atoms with Gasteiger partial charge in [0, 0.05) is 6.42 Å². The molecule has 4 N–H and O–H groups in total. The third-order valence-electron chi connectivity index (χ3n) is 8.40. The van der Waals surface area contributed by atoms with E-state index in [-0.39, 0.29) is 36.6 Å². The molecule has 2 aromatic heterocycles. The van der Waals surface area contributed by atoms with Crippen molar-refractivity contribution in [1.29, 1.82) is 0 Å². The molecule has 0 bridgehead atoms. The molecule has 44 heavy (non-hydrogen) atoms. The number of amides is 4. The minimum absolute atomic E-state index is 0.0545. The van der Waals surface area contributed by atoms with Crippen molar-refractivity contribution in [3.63, 3.8) is 0 Å². The van der Waals surface area contributed by atoms with Crippen LogP contribution in [0.15, 0.2) is 48.7 Å². The molecule has 0 unspecified atom stereocenters. The molecule has 6 rings (SSSR count). The van der Waals surface area contributed by atoms with Crippen LogP contribution in [0.4, 0.5) is 5.69 Å². The molecule has 12 nitrogen and oxygen atoms in total. The van der Waals surface area contributed by atoms with Gasteiger partial charge >= 0.3 is 0 Å². The SMILES string of the molecule is CC[C@H](C)[C@H](NC(=O)Cc1nc2ccccc2s1)C(=O)N[C@H]1CCc2cccc3c2N(C1=O)[C@H](C(=O)NCc1cn[nH]n1)C3. The first-order valence-electron chi connectivity index (χ1n) is 14.8. The van der Waals surface area contributed by atoms with Crippen LogP contribution in [0.25, 0.3) is 10.2 Å². The van der Waals surface area contributed by atoms with Gasteiger partial charge in [-0.2, -0.15) is 15.4 Å². The molecule has 0 radical (unpaired) electrons. The van der Waals surface area contributed by atoms with Gasteiger partial charge in [-0.25, -0.2) is 4.98 Å². The molecule has 0 fully saturated rings. The third kappa shape index (κ3) is 5.91. The lowest BCUT2D eigenvalue weighted by Gasteiger charge is -2.29. The van der Waals surface area contributed by atoms with Crippen molar-refractivity contribution in [2.45, 2.75) is 70.6 Å². The number of aromatic nitrogens is 4. The van der Waals surface area contributed by atoms with Gasteiger partial charge in [-0.15, -0.1) is 11.3 Å². The second kappa shape index (κ2) is 12.5. The molecule has 0 spiro atoms. The Morgan fingerprint density at radius 1 is 1.14 bits per heavy atom. The van der Waals surface area contributed by atoms with E-state index in [0.29, 0.717) is 36.4 Å². The summed E-state index contributed by atoms with van der Waals surface area (Å²) >= 11 is 1.45. The second-order valence-electron chi connectivity index (χ2n) is 11.3. The van der Waals surface area contributed by atoms with Gasteiger partial charge in [-0.05, 0) is 42.0 Å². The number of H-pyrrole nitrogens is 1. The van der Waals surface area contributed by atoms with Crippen LogP contribution in [0, 0.1) is 5.92 Å². The van der Waals surface area contributed by atoms with Crippen molar-refractivity contribution < 1.29 is 19.2 Å². The minimum atomic E-state index is -0.862. The van der Waals surface area contributed by atoms with Crippen LogP contribution >= 0.6 is 11.3 Å².